The van der Waals surface area contributed by atoms with Gasteiger partial charge in [0.2, 0.25) is 5.91 Å². The zero-order valence-corrected chi connectivity index (χ0v) is 14.8. The first-order chi connectivity index (χ1) is 11.4. The van der Waals surface area contributed by atoms with E-state index in [0.29, 0.717) is 12.0 Å². The van der Waals surface area contributed by atoms with Crippen molar-refractivity contribution in [1.82, 2.24) is 10.2 Å². The summed E-state index contributed by atoms with van der Waals surface area (Å²) in [4.78, 5) is 25.1. The molecule has 0 aliphatic carbocycles. The van der Waals surface area contributed by atoms with E-state index in [1.807, 2.05) is 24.3 Å². The Labute approximate surface area is 144 Å². The van der Waals surface area contributed by atoms with Gasteiger partial charge in [-0.2, -0.15) is 0 Å². The van der Waals surface area contributed by atoms with Crippen LogP contribution in [0.5, 0.6) is 0 Å². The molecule has 1 aromatic rings. The van der Waals surface area contributed by atoms with Gasteiger partial charge in [0, 0.05) is 32.1 Å². The third-order valence-electron chi connectivity index (χ3n) is 3.62. The Bertz CT molecular complexity index is 567. The summed E-state index contributed by atoms with van der Waals surface area (Å²) in [5.74, 6) is -0.0243. The number of hydrogen-bond acceptors (Lipinski definition) is 3. The lowest BCUT2D eigenvalue weighted by atomic mass is 10.1. The van der Waals surface area contributed by atoms with Gasteiger partial charge in [0.05, 0.1) is 6.61 Å². The van der Waals surface area contributed by atoms with Gasteiger partial charge in [-0.15, -0.1) is 0 Å². The molecule has 5 nitrogen and oxygen atoms in total. The van der Waals surface area contributed by atoms with Crippen LogP contribution in [0.25, 0.3) is 6.08 Å². The summed E-state index contributed by atoms with van der Waals surface area (Å²) in [6.45, 7) is 1.67. The summed E-state index contributed by atoms with van der Waals surface area (Å²) in [5.41, 5.74) is 1.54. The number of aliphatic hydroxyl groups excluding tert-OH is 1. The van der Waals surface area contributed by atoms with Crippen LogP contribution in [0, 0.1) is 0 Å². The van der Waals surface area contributed by atoms with Crippen LogP contribution >= 0.6 is 0 Å². The van der Waals surface area contributed by atoms with E-state index in [-0.39, 0.29) is 24.5 Å². The predicted octanol–water partition coefficient (Wildman–Crippen LogP) is 2.46. The van der Waals surface area contributed by atoms with Gasteiger partial charge in [-0.25, -0.2) is 0 Å². The van der Waals surface area contributed by atoms with Crippen molar-refractivity contribution in [2.75, 3.05) is 20.7 Å². The number of hydrogen-bond donors (Lipinski definition) is 2. The molecule has 1 aromatic carbocycles. The molecule has 0 spiro atoms. The number of unbranched alkanes of at least 4 members (excludes halogenated alkanes) is 2. The normalized spacial score (nSPS) is 12.2. The molecule has 0 saturated carbocycles. The molecular formula is C19H28N2O3. The van der Waals surface area contributed by atoms with E-state index in [1.54, 1.807) is 32.0 Å². The minimum atomic E-state index is -0.262. The van der Waals surface area contributed by atoms with Crippen molar-refractivity contribution in [3.05, 3.63) is 41.5 Å². The summed E-state index contributed by atoms with van der Waals surface area (Å²) in [7, 11) is 3.54. The van der Waals surface area contributed by atoms with E-state index in [2.05, 4.69) is 11.4 Å². The van der Waals surface area contributed by atoms with Crippen molar-refractivity contribution in [2.45, 2.75) is 38.6 Å². The molecule has 5 heteroatoms. The SMILES string of the molecule is CC(CO)NC(=O)c1cccc(/C=C/CCCCC(=O)N(C)C)c1. The molecule has 1 atom stereocenters. The molecule has 2 N–H and O–H groups in total. The highest BCUT2D eigenvalue weighted by Crippen LogP contribution is 2.10. The van der Waals surface area contributed by atoms with Crippen molar-refractivity contribution in [1.29, 1.82) is 0 Å². The minimum Gasteiger partial charge on any atom is -0.394 e. The smallest absolute Gasteiger partial charge is 0.251 e. The molecule has 0 aromatic heterocycles. The molecule has 0 fully saturated rings. The summed E-state index contributed by atoms with van der Waals surface area (Å²) >= 11 is 0. The van der Waals surface area contributed by atoms with Crippen LogP contribution in [0.4, 0.5) is 0 Å². The highest BCUT2D eigenvalue weighted by molar-refractivity contribution is 5.94. The lowest BCUT2D eigenvalue weighted by Crippen LogP contribution is -2.34. The quantitative estimate of drug-likeness (QED) is 0.683. The largest absolute Gasteiger partial charge is 0.394 e. The van der Waals surface area contributed by atoms with E-state index in [0.717, 1.165) is 24.8 Å². The minimum absolute atomic E-state index is 0.0817. The van der Waals surface area contributed by atoms with Crippen LogP contribution in [0.3, 0.4) is 0 Å². The van der Waals surface area contributed by atoms with E-state index in [4.69, 9.17) is 5.11 Å². The zero-order valence-electron chi connectivity index (χ0n) is 14.8. The monoisotopic (exact) mass is 332 g/mol. The first kappa shape index (κ1) is 19.9. The first-order valence-corrected chi connectivity index (χ1v) is 8.32. The molecule has 0 heterocycles. The second kappa shape index (κ2) is 10.6. The van der Waals surface area contributed by atoms with E-state index in [9.17, 15) is 9.59 Å². The number of nitrogens with one attached hydrogen (secondary N) is 1. The van der Waals surface area contributed by atoms with Crippen molar-refractivity contribution >= 4 is 17.9 Å². The van der Waals surface area contributed by atoms with E-state index >= 15 is 0 Å². The molecule has 0 radical (unpaired) electrons. The van der Waals surface area contributed by atoms with Crippen LogP contribution in [0.1, 0.15) is 48.5 Å². The lowest BCUT2D eigenvalue weighted by molar-refractivity contribution is -0.128. The summed E-state index contributed by atoms with van der Waals surface area (Å²) in [6, 6.07) is 7.10. The van der Waals surface area contributed by atoms with Crippen molar-refractivity contribution < 1.29 is 14.7 Å². The fourth-order valence-electron chi connectivity index (χ4n) is 2.12. The molecule has 0 aliphatic rings. The number of rotatable bonds is 9. The Hall–Kier alpha value is -2.14. The Morgan fingerprint density at radius 2 is 2.04 bits per heavy atom. The maximum atomic E-state index is 12.0. The molecular weight excluding hydrogens is 304 g/mol. The maximum Gasteiger partial charge on any atom is 0.251 e. The highest BCUT2D eigenvalue weighted by Gasteiger charge is 2.08. The molecule has 1 rings (SSSR count). The van der Waals surface area contributed by atoms with Crippen LogP contribution in [-0.4, -0.2) is 48.6 Å². The number of carbonyl (C=O) groups is 2. The highest BCUT2D eigenvalue weighted by atomic mass is 16.3. The first-order valence-electron chi connectivity index (χ1n) is 8.32. The van der Waals surface area contributed by atoms with Gasteiger partial charge in [0.15, 0.2) is 0 Å². The Balaban J connectivity index is 2.44. The summed E-state index contributed by atoms with van der Waals surface area (Å²) in [5, 5.41) is 11.7. The fourth-order valence-corrected chi connectivity index (χ4v) is 2.12. The van der Waals surface area contributed by atoms with Crippen molar-refractivity contribution in [2.24, 2.45) is 0 Å². The van der Waals surface area contributed by atoms with Crippen molar-refractivity contribution in [3.63, 3.8) is 0 Å². The number of amides is 2. The molecule has 0 saturated heterocycles. The lowest BCUT2D eigenvalue weighted by Gasteiger charge is -2.10. The van der Waals surface area contributed by atoms with Crippen LogP contribution in [0.15, 0.2) is 30.3 Å². The van der Waals surface area contributed by atoms with Gasteiger partial charge in [0.25, 0.3) is 5.91 Å². The van der Waals surface area contributed by atoms with E-state index < -0.39 is 0 Å². The number of benzene rings is 1. The Morgan fingerprint density at radius 3 is 2.71 bits per heavy atom. The van der Waals surface area contributed by atoms with Gasteiger partial charge < -0.3 is 15.3 Å². The number of allylic oxidation sites excluding steroid dienone is 1. The second-order valence-corrected chi connectivity index (χ2v) is 6.12. The average Bonchev–Trinajstić information content (AvgIpc) is 2.57. The molecule has 0 aliphatic heterocycles. The molecule has 1 unspecified atom stereocenters. The molecule has 0 bridgehead atoms. The fraction of sp³-hybridized carbons (Fsp3) is 0.474. The maximum absolute atomic E-state index is 12.0. The summed E-state index contributed by atoms with van der Waals surface area (Å²) in [6.07, 6.45) is 7.37. The van der Waals surface area contributed by atoms with Gasteiger partial charge in [0.1, 0.15) is 0 Å². The van der Waals surface area contributed by atoms with Crippen molar-refractivity contribution in [3.8, 4) is 0 Å². The number of aliphatic hydroxyl groups is 1. The van der Waals surface area contributed by atoms with Gasteiger partial charge in [-0.05, 0) is 43.9 Å². The topological polar surface area (TPSA) is 69.6 Å². The van der Waals surface area contributed by atoms with Crippen LogP contribution < -0.4 is 5.32 Å². The van der Waals surface area contributed by atoms with Crippen LogP contribution in [0.2, 0.25) is 0 Å². The standard InChI is InChI=1S/C19H28N2O3/c1-15(14-22)20-19(24)17-11-8-10-16(13-17)9-6-4-5-7-12-18(23)21(2)3/h6,8-11,13,15,22H,4-5,7,12,14H2,1-3H3,(H,20,24)/b9-6+. The summed E-state index contributed by atoms with van der Waals surface area (Å²) < 4.78 is 0. The number of carbonyl (C=O) groups excluding carboxylic acids is 2. The van der Waals surface area contributed by atoms with E-state index in [1.165, 1.54) is 0 Å². The molecule has 2 amide bonds. The average molecular weight is 332 g/mol. The Kier molecular flexibility index (Phi) is 8.79. The third kappa shape index (κ3) is 7.42. The third-order valence-corrected chi connectivity index (χ3v) is 3.62. The van der Waals surface area contributed by atoms with Gasteiger partial charge >= 0.3 is 0 Å². The molecule has 24 heavy (non-hydrogen) atoms. The second-order valence-electron chi connectivity index (χ2n) is 6.12. The number of nitrogens with zero attached hydrogens (tertiary/aromatic N) is 1. The zero-order chi connectivity index (χ0) is 17.9. The van der Waals surface area contributed by atoms with Gasteiger partial charge in [-0.1, -0.05) is 24.3 Å². The van der Waals surface area contributed by atoms with Crippen LogP contribution in [-0.2, 0) is 4.79 Å². The predicted molar refractivity (Wildman–Crippen MR) is 96.7 cm³/mol. The molecule has 132 valence electrons. The Morgan fingerprint density at radius 1 is 1.29 bits per heavy atom. The van der Waals surface area contributed by atoms with Gasteiger partial charge in [-0.3, -0.25) is 9.59 Å².